The molecule has 0 spiro atoms. The van der Waals surface area contributed by atoms with E-state index in [0.29, 0.717) is 12.8 Å². The molecule has 0 N–H and O–H groups in total. The molecule has 3 rings (SSSR count). The van der Waals surface area contributed by atoms with Gasteiger partial charge in [0.25, 0.3) is 0 Å². The van der Waals surface area contributed by atoms with Crippen LogP contribution >= 0.6 is 0 Å². The molecule has 0 saturated heterocycles. The molecule has 0 aromatic heterocycles. The molecule has 0 fully saturated rings. The number of carbonyl (C=O) groups is 2. The van der Waals surface area contributed by atoms with E-state index >= 15 is 0 Å². The van der Waals surface area contributed by atoms with E-state index < -0.39 is 0 Å². The zero-order valence-corrected chi connectivity index (χ0v) is 50.3. The first-order chi connectivity index (χ1) is 35.3. The van der Waals surface area contributed by atoms with Crippen molar-refractivity contribution < 1.29 is 34.7 Å². The first-order valence-corrected chi connectivity index (χ1v) is 31.1. The van der Waals surface area contributed by atoms with E-state index in [1.165, 1.54) is 202 Å². The van der Waals surface area contributed by atoms with E-state index in [9.17, 15) is 15.1 Å². The fraction of sp³-hybridized carbons (Fsp3) is 0.706. The summed E-state index contributed by atoms with van der Waals surface area (Å²) in [6.45, 7) is 20.9. The molecule has 4 nitrogen and oxygen atoms in total. The van der Waals surface area contributed by atoms with Crippen LogP contribution in [0.4, 0.5) is 0 Å². The third kappa shape index (κ3) is 33.3. The van der Waals surface area contributed by atoms with Crippen LogP contribution in [0.1, 0.15) is 343 Å². The predicted molar refractivity (Wildman–Crippen MR) is 318 cm³/mol. The minimum Gasteiger partial charge on any atom is -0.493 e. The number of ketones is 2. The maximum Gasteiger partial charge on any atom is 2.00 e. The van der Waals surface area contributed by atoms with Gasteiger partial charge in [0.15, 0.2) is 11.6 Å². The fourth-order valence-corrected chi connectivity index (χ4v) is 9.94. The Balaban J connectivity index is 0.00000354. The molecule has 0 unspecified atom stereocenters. The Morgan fingerprint density at radius 2 is 0.658 bits per heavy atom. The molecular formula is C68H114N2O2Pd. The number of benzene rings is 2. The molecular weight excluding hydrogens is 983 g/mol. The van der Waals surface area contributed by atoms with Gasteiger partial charge in [-0.15, -0.1) is 0 Å². The van der Waals surface area contributed by atoms with Crippen LogP contribution in [0.5, 0.6) is 0 Å². The molecule has 5 heteroatoms. The van der Waals surface area contributed by atoms with E-state index in [0.717, 1.165) is 104 Å². The van der Waals surface area contributed by atoms with Crippen LogP contribution in [0.3, 0.4) is 0 Å². The van der Waals surface area contributed by atoms with Crippen molar-refractivity contribution in [3.63, 3.8) is 0 Å². The monoisotopic (exact) mass is 1100 g/mol. The Morgan fingerprint density at radius 3 is 0.959 bits per heavy atom. The van der Waals surface area contributed by atoms with Gasteiger partial charge >= 0.3 is 20.4 Å². The number of nitrogens with zero attached hydrogens (tertiary/aromatic N) is 2. The maximum absolute atomic E-state index is 13.6. The van der Waals surface area contributed by atoms with E-state index in [-0.39, 0.29) is 32.0 Å². The second-order valence-corrected chi connectivity index (χ2v) is 21.3. The zero-order valence-electron chi connectivity index (χ0n) is 48.8. The molecule has 0 amide bonds. The van der Waals surface area contributed by atoms with Crippen molar-refractivity contribution in [2.75, 3.05) is 0 Å². The third-order valence-electron chi connectivity index (χ3n) is 14.6. The quantitative estimate of drug-likeness (QED) is 0.0218. The molecule has 0 radical (unpaired) electrons. The van der Waals surface area contributed by atoms with Crippen LogP contribution in [0, 0.1) is 13.8 Å². The van der Waals surface area contributed by atoms with Crippen LogP contribution in [0.2, 0.25) is 0 Å². The first-order valence-electron chi connectivity index (χ1n) is 31.1. The summed E-state index contributed by atoms with van der Waals surface area (Å²) in [5.74, 6) is 0.381. The van der Waals surface area contributed by atoms with Gasteiger partial charge in [0.2, 0.25) is 11.4 Å². The van der Waals surface area contributed by atoms with Crippen LogP contribution in [-0.4, -0.2) is 16.3 Å². The van der Waals surface area contributed by atoms with Gasteiger partial charge in [-0.25, -0.2) is 4.70 Å². The van der Waals surface area contributed by atoms with Crippen molar-refractivity contribution >= 4 is 23.0 Å². The van der Waals surface area contributed by atoms with E-state index in [4.69, 9.17) is 0 Å². The van der Waals surface area contributed by atoms with E-state index in [1.54, 1.807) is 0 Å². The summed E-state index contributed by atoms with van der Waals surface area (Å²) >= 11 is 0. The van der Waals surface area contributed by atoms with Crippen molar-refractivity contribution in [1.82, 2.24) is 0 Å². The molecule has 2 aromatic rings. The topological polar surface area (TPSA) is 59.4 Å². The molecule has 0 aliphatic carbocycles. The number of Topliss-reactive ketones (excluding diaryl/α,β-unsaturated/α-hetero) is 2. The molecule has 418 valence electrons. The van der Waals surface area contributed by atoms with Crippen molar-refractivity contribution in [1.29, 1.82) is 0 Å². The molecule has 0 saturated carbocycles. The zero-order chi connectivity index (χ0) is 52.7. The van der Waals surface area contributed by atoms with Crippen molar-refractivity contribution in [2.24, 2.45) is 0 Å². The number of allylic oxidation sites excluding steroid dienone is 2. The molecule has 1 heterocycles. The van der Waals surface area contributed by atoms with Crippen molar-refractivity contribution in [3.05, 3.63) is 101 Å². The van der Waals surface area contributed by atoms with Gasteiger partial charge in [0.1, 0.15) is 0 Å². The third-order valence-corrected chi connectivity index (χ3v) is 14.6. The summed E-state index contributed by atoms with van der Waals surface area (Å²) in [7, 11) is 0. The summed E-state index contributed by atoms with van der Waals surface area (Å²) in [6.07, 6.45) is 50.1. The summed E-state index contributed by atoms with van der Waals surface area (Å²) in [6, 6.07) is 16.1. The fourth-order valence-electron chi connectivity index (χ4n) is 9.94. The summed E-state index contributed by atoms with van der Waals surface area (Å²) < 4.78 is 1.42. The minimum atomic E-state index is 0. The molecule has 1 aliphatic rings. The molecule has 73 heavy (non-hydrogen) atoms. The van der Waals surface area contributed by atoms with Gasteiger partial charge in [-0.1, -0.05) is 271 Å². The number of rotatable bonds is 44. The minimum absolute atomic E-state index is 0. The summed E-state index contributed by atoms with van der Waals surface area (Å²) in [5.41, 5.74) is 19.6. The Kier molecular flexibility index (Phi) is 48.6. The van der Waals surface area contributed by atoms with Gasteiger partial charge < -0.3 is 19.4 Å². The maximum atomic E-state index is 13.6. The summed E-state index contributed by atoms with van der Waals surface area (Å²) in [4.78, 5) is 27.1. The molecule has 1 aliphatic heterocycles. The molecule has 0 atom stereocenters. The average Bonchev–Trinajstić information content (AvgIpc) is 3.68. The average molecular weight is 1100 g/mol. The SMILES string of the molecule is CCCCCCCCCCCCC1=C(c2cccc(C(=O)CCCCCCCCCCC)c2)[N+](=[N-])C(c2cccc(C(=O)CCCCCCCCCCC)c2)=C1CCCC.[CH2-]CCCCC.[CH2-]CCCCC.[Pd+2]. The van der Waals surface area contributed by atoms with Crippen molar-refractivity contribution in [2.45, 2.75) is 311 Å². The summed E-state index contributed by atoms with van der Waals surface area (Å²) in [5, 5.41) is 0. The Hall–Kier alpha value is -2.48. The van der Waals surface area contributed by atoms with Crippen LogP contribution < -0.4 is 0 Å². The van der Waals surface area contributed by atoms with Gasteiger partial charge in [-0.05, 0) is 62.8 Å². The first kappa shape index (κ1) is 70.5. The number of hydrogen-bond donors (Lipinski definition) is 0. The van der Waals surface area contributed by atoms with Gasteiger partial charge in [0, 0.05) is 46.2 Å². The normalized spacial score (nSPS) is 12.1. The Morgan fingerprint density at radius 1 is 0.384 bits per heavy atom. The van der Waals surface area contributed by atoms with Crippen LogP contribution in [0.25, 0.3) is 16.9 Å². The van der Waals surface area contributed by atoms with Gasteiger partial charge in [-0.3, -0.25) is 9.59 Å². The smallest absolute Gasteiger partial charge is 0.493 e. The van der Waals surface area contributed by atoms with E-state index in [1.807, 2.05) is 36.4 Å². The molecule has 0 bridgehead atoms. The van der Waals surface area contributed by atoms with Crippen molar-refractivity contribution in [3.8, 4) is 0 Å². The van der Waals surface area contributed by atoms with Crippen LogP contribution in [-0.2, 0) is 20.4 Å². The van der Waals surface area contributed by atoms with E-state index in [2.05, 4.69) is 67.5 Å². The van der Waals surface area contributed by atoms with Crippen LogP contribution in [0.15, 0.2) is 59.7 Å². The Labute approximate surface area is 467 Å². The largest absolute Gasteiger partial charge is 2.00 e. The number of carbonyl (C=O) groups excluding carboxylic acids is 2. The Bertz CT molecular complexity index is 1710. The number of unbranched alkanes of at least 4 members (excludes halogenated alkanes) is 32. The predicted octanol–water partition coefficient (Wildman–Crippen LogP) is 23.4. The second-order valence-electron chi connectivity index (χ2n) is 21.3. The molecule has 2 aromatic carbocycles. The van der Waals surface area contributed by atoms with Gasteiger partial charge in [0.05, 0.1) is 0 Å². The standard InChI is InChI=1S/C56H88N2O2.2C6H13.Pd/c1-5-9-13-16-19-22-25-26-29-32-42-52-51(41-12-8-4)55(49-39-35-37-47(45-49)53(59)43-33-30-27-23-20-17-14-10-6-2)58(57)56(52)50-40-36-38-48(46-50)54(60)44-34-31-28-24-21-18-15-11-7-3;2*1-3-5-6-4-2;/h35-40,45-46H,5-34,41-44H2,1-4H3;2*1,3-6H2,2H3;/q;2*-1;+2. The number of hydrogen-bond acceptors (Lipinski definition) is 2. The second kappa shape index (κ2) is 50.3. The van der Waals surface area contributed by atoms with Gasteiger partial charge in [-0.2, -0.15) is 12.8 Å².